The predicted octanol–water partition coefficient (Wildman–Crippen LogP) is 3.93. The smallest absolute Gasteiger partial charge is 0.340 e. The van der Waals surface area contributed by atoms with Gasteiger partial charge in [0.15, 0.2) is 0 Å². The van der Waals surface area contributed by atoms with E-state index in [-0.39, 0.29) is 5.97 Å². The van der Waals surface area contributed by atoms with Crippen LogP contribution in [-0.2, 0) is 4.74 Å². The van der Waals surface area contributed by atoms with E-state index in [4.69, 9.17) is 4.74 Å². The highest BCUT2D eigenvalue weighted by molar-refractivity contribution is 6.04. The van der Waals surface area contributed by atoms with Gasteiger partial charge in [-0.05, 0) is 18.9 Å². The largest absolute Gasteiger partial charge is 0.465 e. The number of nitrogens with zero attached hydrogens (tertiary/aromatic N) is 1. The van der Waals surface area contributed by atoms with Gasteiger partial charge in [0.25, 0.3) is 0 Å². The van der Waals surface area contributed by atoms with E-state index in [9.17, 15) is 4.79 Å². The summed E-state index contributed by atoms with van der Waals surface area (Å²) in [7, 11) is 1.44. The third-order valence-corrected chi connectivity index (χ3v) is 4.11. The molecule has 1 saturated carbocycles. The zero-order valence-electron chi connectivity index (χ0n) is 11.3. The lowest BCUT2D eigenvalue weighted by Crippen LogP contribution is -2.11. The van der Waals surface area contributed by atoms with Crippen molar-refractivity contribution in [2.45, 2.75) is 38.1 Å². The number of ether oxygens (including phenoxy) is 1. The highest BCUT2D eigenvalue weighted by atomic mass is 16.5. The minimum atomic E-state index is -0.245. The number of fused-ring (bicyclic) bond motifs is 1. The fraction of sp³-hybridized carbons (Fsp3) is 0.438. The van der Waals surface area contributed by atoms with Crippen molar-refractivity contribution in [3.63, 3.8) is 0 Å². The molecule has 0 radical (unpaired) electrons. The Balaban J connectivity index is 2.11. The third kappa shape index (κ3) is 2.14. The van der Waals surface area contributed by atoms with Crippen LogP contribution in [0.5, 0.6) is 0 Å². The maximum absolute atomic E-state index is 11.9. The molecule has 0 saturated heterocycles. The van der Waals surface area contributed by atoms with Crippen molar-refractivity contribution in [2.75, 3.05) is 7.11 Å². The molecule has 0 spiro atoms. The third-order valence-electron chi connectivity index (χ3n) is 4.11. The summed E-state index contributed by atoms with van der Waals surface area (Å²) < 4.78 is 7.17. The number of esters is 1. The van der Waals surface area contributed by atoms with Gasteiger partial charge in [0, 0.05) is 23.1 Å². The maximum Gasteiger partial charge on any atom is 0.340 e. The Morgan fingerprint density at radius 3 is 2.68 bits per heavy atom. The highest BCUT2D eigenvalue weighted by Gasteiger charge is 2.21. The predicted molar refractivity (Wildman–Crippen MR) is 75.4 cm³/mol. The van der Waals surface area contributed by atoms with Gasteiger partial charge in [-0.2, -0.15) is 0 Å². The molecule has 0 unspecified atom stereocenters. The zero-order chi connectivity index (χ0) is 13.2. The SMILES string of the molecule is COC(=O)c1cn(C2CCCCC2)c2ccccc12. The van der Waals surface area contributed by atoms with Crippen LogP contribution < -0.4 is 0 Å². The first-order valence-electron chi connectivity index (χ1n) is 6.99. The Hall–Kier alpha value is -1.77. The van der Waals surface area contributed by atoms with E-state index in [0.29, 0.717) is 11.6 Å². The molecule has 19 heavy (non-hydrogen) atoms. The Bertz CT molecular complexity index is 594. The molecule has 1 aromatic carbocycles. The summed E-state index contributed by atoms with van der Waals surface area (Å²) >= 11 is 0. The quantitative estimate of drug-likeness (QED) is 0.763. The van der Waals surface area contributed by atoms with E-state index in [1.165, 1.54) is 39.2 Å². The molecule has 2 aromatic rings. The van der Waals surface area contributed by atoms with Crippen molar-refractivity contribution in [1.29, 1.82) is 0 Å². The second-order valence-electron chi connectivity index (χ2n) is 5.25. The number of methoxy groups -OCH3 is 1. The summed E-state index contributed by atoms with van der Waals surface area (Å²) in [5.41, 5.74) is 1.83. The van der Waals surface area contributed by atoms with Crippen molar-refractivity contribution < 1.29 is 9.53 Å². The van der Waals surface area contributed by atoms with Gasteiger partial charge in [-0.1, -0.05) is 37.5 Å². The number of carbonyl (C=O) groups excluding carboxylic acids is 1. The molecule has 1 aliphatic carbocycles. The van der Waals surface area contributed by atoms with Crippen LogP contribution in [0.3, 0.4) is 0 Å². The summed E-state index contributed by atoms with van der Waals surface area (Å²) in [6.45, 7) is 0. The Labute approximate surface area is 113 Å². The lowest BCUT2D eigenvalue weighted by Gasteiger charge is -2.24. The van der Waals surface area contributed by atoms with Gasteiger partial charge in [-0.15, -0.1) is 0 Å². The fourth-order valence-corrected chi connectivity index (χ4v) is 3.14. The molecule has 1 aromatic heterocycles. The van der Waals surface area contributed by atoms with Gasteiger partial charge in [-0.3, -0.25) is 0 Å². The number of aromatic nitrogens is 1. The van der Waals surface area contributed by atoms with Gasteiger partial charge < -0.3 is 9.30 Å². The van der Waals surface area contributed by atoms with E-state index >= 15 is 0 Å². The molecule has 100 valence electrons. The van der Waals surface area contributed by atoms with Crippen LogP contribution in [0.4, 0.5) is 0 Å². The molecular formula is C16H19NO2. The lowest BCUT2D eigenvalue weighted by atomic mass is 9.95. The molecule has 1 heterocycles. The van der Waals surface area contributed by atoms with Crippen LogP contribution in [0.2, 0.25) is 0 Å². The van der Waals surface area contributed by atoms with Gasteiger partial charge in [-0.25, -0.2) is 4.79 Å². The van der Waals surface area contributed by atoms with Crippen molar-refractivity contribution in [3.8, 4) is 0 Å². The first kappa shape index (κ1) is 12.3. The van der Waals surface area contributed by atoms with Crippen molar-refractivity contribution in [1.82, 2.24) is 4.57 Å². The molecule has 3 nitrogen and oxygen atoms in total. The molecule has 3 rings (SSSR count). The normalized spacial score (nSPS) is 16.7. The molecule has 0 atom stereocenters. The first-order chi connectivity index (χ1) is 9.31. The average molecular weight is 257 g/mol. The summed E-state index contributed by atoms with van der Waals surface area (Å²) in [6.07, 6.45) is 8.29. The van der Waals surface area contributed by atoms with E-state index in [0.717, 1.165) is 10.9 Å². The van der Waals surface area contributed by atoms with Crippen LogP contribution in [0.1, 0.15) is 48.5 Å². The van der Waals surface area contributed by atoms with Gasteiger partial charge in [0.05, 0.1) is 12.7 Å². The molecular weight excluding hydrogens is 238 g/mol. The number of hydrogen-bond acceptors (Lipinski definition) is 2. The van der Waals surface area contributed by atoms with Crippen LogP contribution >= 0.6 is 0 Å². The van der Waals surface area contributed by atoms with Crippen molar-refractivity contribution >= 4 is 16.9 Å². The first-order valence-corrected chi connectivity index (χ1v) is 6.99. The molecule has 0 N–H and O–H groups in total. The summed E-state index contributed by atoms with van der Waals surface area (Å²) in [5.74, 6) is -0.245. The monoisotopic (exact) mass is 257 g/mol. The minimum Gasteiger partial charge on any atom is -0.465 e. The molecule has 1 aliphatic rings. The van der Waals surface area contributed by atoms with Crippen LogP contribution in [0, 0.1) is 0 Å². The number of benzene rings is 1. The van der Waals surface area contributed by atoms with E-state index in [1.807, 2.05) is 24.4 Å². The van der Waals surface area contributed by atoms with E-state index in [1.54, 1.807) is 0 Å². The lowest BCUT2D eigenvalue weighted by molar-refractivity contribution is 0.0602. The van der Waals surface area contributed by atoms with Crippen LogP contribution in [-0.4, -0.2) is 17.6 Å². The number of para-hydroxylation sites is 1. The minimum absolute atomic E-state index is 0.245. The maximum atomic E-state index is 11.9. The summed E-state index contributed by atoms with van der Waals surface area (Å²) in [6, 6.07) is 8.62. The molecule has 1 fully saturated rings. The van der Waals surface area contributed by atoms with E-state index < -0.39 is 0 Å². The number of rotatable bonds is 2. The van der Waals surface area contributed by atoms with Crippen LogP contribution in [0.25, 0.3) is 10.9 Å². The standard InChI is InChI=1S/C16H19NO2/c1-19-16(18)14-11-17(12-7-3-2-4-8-12)15-10-6-5-9-13(14)15/h5-6,9-12H,2-4,7-8H2,1H3. The number of hydrogen-bond donors (Lipinski definition) is 0. The highest BCUT2D eigenvalue weighted by Crippen LogP contribution is 2.33. The molecule has 3 heteroatoms. The van der Waals surface area contributed by atoms with E-state index in [2.05, 4.69) is 10.6 Å². The Morgan fingerprint density at radius 2 is 1.95 bits per heavy atom. The zero-order valence-corrected chi connectivity index (χ0v) is 11.3. The topological polar surface area (TPSA) is 31.2 Å². The summed E-state index contributed by atoms with van der Waals surface area (Å²) in [4.78, 5) is 11.9. The van der Waals surface area contributed by atoms with Gasteiger partial charge >= 0.3 is 5.97 Å². The fourth-order valence-electron chi connectivity index (χ4n) is 3.14. The molecule has 0 amide bonds. The van der Waals surface area contributed by atoms with Gasteiger partial charge in [0.1, 0.15) is 0 Å². The number of carbonyl (C=O) groups is 1. The second kappa shape index (κ2) is 5.08. The van der Waals surface area contributed by atoms with Crippen molar-refractivity contribution in [3.05, 3.63) is 36.0 Å². The summed E-state index contributed by atoms with van der Waals surface area (Å²) in [5, 5.41) is 1.000. The van der Waals surface area contributed by atoms with Crippen molar-refractivity contribution in [2.24, 2.45) is 0 Å². The Morgan fingerprint density at radius 1 is 1.21 bits per heavy atom. The second-order valence-corrected chi connectivity index (χ2v) is 5.25. The molecule has 0 aliphatic heterocycles. The Kier molecular flexibility index (Phi) is 3.28. The average Bonchev–Trinajstić information content (AvgIpc) is 2.87. The van der Waals surface area contributed by atoms with Gasteiger partial charge in [0.2, 0.25) is 0 Å². The molecule has 0 bridgehead atoms. The van der Waals surface area contributed by atoms with Crippen LogP contribution in [0.15, 0.2) is 30.5 Å².